The van der Waals surface area contributed by atoms with Crippen LogP contribution < -0.4 is 0 Å². The molecule has 22 heavy (non-hydrogen) atoms. The van der Waals surface area contributed by atoms with Crippen molar-refractivity contribution in [3.05, 3.63) is 42.1 Å². The molecule has 0 saturated carbocycles. The maximum absolute atomic E-state index is 12.2. The first-order valence-corrected chi connectivity index (χ1v) is 8.98. The van der Waals surface area contributed by atoms with E-state index >= 15 is 0 Å². The summed E-state index contributed by atoms with van der Waals surface area (Å²) in [5, 5.41) is 4.18. The second-order valence-electron chi connectivity index (χ2n) is 6.38. The summed E-state index contributed by atoms with van der Waals surface area (Å²) < 4.78 is 17.5. The Balaban J connectivity index is 1.67. The van der Waals surface area contributed by atoms with Crippen LogP contribution in [-0.4, -0.2) is 37.9 Å². The standard InChI is InChI=1S/C17H22N2O2S/c1-17(2)8-9-19(10-11-22(17)20)13-15-12-16(21-18-15)14-6-4-3-5-7-14/h3-7,12H,8-11,13H2,1-2H3. The van der Waals surface area contributed by atoms with Gasteiger partial charge in [0.25, 0.3) is 0 Å². The molecule has 1 aliphatic rings. The molecule has 1 aromatic heterocycles. The Bertz CT molecular complexity index is 652. The van der Waals surface area contributed by atoms with E-state index in [0.29, 0.717) is 0 Å². The van der Waals surface area contributed by atoms with Gasteiger partial charge in [0.2, 0.25) is 0 Å². The molecule has 0 radical (unpaired) electrons. The summed E-state index contributed by atoms with van der Waals surface area (Å²) >= 11 is 0. The molecule has 1 aromatic carbocycles. The Hall–Kier alpha value is -1.46. The van der Waals surface area contributed by atoms with Crippen LogP contribution in [-0.2, 0) is 17.3 Å². The Morgan fingerprint density at radius 2 is 2.05 bits per heavy atom. The Morgan fingerprint density at radius 1 is 1.27 bits per heavy atom. The lowest BCUT2D eigenvalue weighted by Crippen LogP contribution is -2.28. The SMILES string of the molecule is CC1(C)CCN(Cc2cc(-c3ccccc3)on2)CCS1=O. The van der Waals surface area contributed by atoms with Gasteiger partial charge in [0.1, 0.15) is 0 Å². The van der Waals surface area contributed by atoms with Crippen LogP contribution in [0.4, 0.5) is 0 Å². The summed E-state index contributed by atoms with van der Waals surface area (Å²) in [6.45, 7) is 6.74. The van der Waals surface area contributed by atoms with Gasteiger partial charge in [-0.1, -0.05) is 35.5 Å². The van der Waals surface area contributed by atoms with Gasteiger partial charge in [-0.25, -0.2) is 0 Å². The first-order chi connectivity index (χ1) is 10.5. The van der Waals surface area contributed by atoms with Gasteiger partial charge in [0.05, 0.1) is 5.69 Å². The summed E-state index contributed by atoms with van der Waals surface area (Å²) in [6.07, 6.45) is 0.947. The van der Waals surface area contributed by atoms with Crippen LogP contribution in [0, 0.1) is 0 Å². The molecule has 1 aliphatic heterocycles. The molecule has 1 atom stereocenters. The molecular weight excluding hydrogens is 296 g/mol. The molecule has 0 amide bonds. The molecule has 118 valence electrons. The highest BCUT2D eigenvalue weighted by molar-refractivity contribution is 7.86. The van der Waals surface area contributed by atoms with Gasteiger partial charge in [-0.05, 0) is 26.8 Å². The van der Waals surface area contributed by atoms with Crippen molar-refractivity contribution in [2.45, 2.75) is 31.6 Å². The van der Waals surface area contributed by atoms with E-state index in [1.165, 1.54) is 0 Å². The Kier molecular flexibility index (Phi) is 4.45. The average molecular weight is 318 g/mol. The molecule has 1 fully saturated rings. The summed E-state index contributed by atoms with van der Waals surface area (Å²) in [6, 6.07) is 12.0. The van der Waals surface area contributed by atoms with E-state index in [1.807, 2.05) is 36.4 Å². The number of aromatic nitrogens is 1. The monoisotopic (exact) mass is 318 g/mol. The third-order valence-electron chi connectivity index (χ3n) is 4.24. The van der Waals surface area contributed by atoms with Gasteiger partial charge < -0.3 is 4.52 Å². The van der Waals surface area contributed by atoms with E-state index in [2.05, 4.69) is 23.9 Å². The lowest BCUT2D eigenvalue weighted by atomic mass is 10.1. The van der Waals surface area contributed by atoms with Crippen molar-refractivity contribution in [3.63, 3.8) is 0 Å². The van der Waals surface area contributed by atoms with E-state index in [9.17, 15) is 4.21 Å². The number of rotatable bonds is 3. The Labute approximate surface area is 134 Å². The fraction of sp³-hybridized carbons (Fsp3) is 0.471. The zero-order valence-corrected chi connectivity index (χ0v) is 13.9. The number of nitrogens with zero attached hydrogens (tertiary/aromatic N) is 2. The third kappa shape index (κ3) is 3.47. The summed E-state index contributed by atoms with van der Waals surface area (Å²) in [4.78, 5) is 2.32. The number of hydrogen-bond acceptors (Lipinski definition) is 4. The van der Waals surface area contributed by atoms with E-state index in [-0.39, 0.29) is 4.75 Å². The van der Waals surface area contributed by atoms with Crippen molar-refractivity contribution in [1.82, 2.24) is 10.1 Å². The molecule has 0 bridgehead atoms. The second kappa shape index (κ2) is 6.34. The van der Waals surface area contributed by atoms with Crippen molar-refractivity contribution in [2.75, 3.05) is 18.8 Å². The highest BCUT2D eigenvalue weighted by Gasteiger charge is 2.30. The molecule has 0 N–H and O–H groups in total. The van der Waals surface area contributed by atoms with Crippen LogP contribution in [0.5, 0.6) is 0 Å². The molecule has 1 saturated heterocycles. The van der Waals surface area contributed by atoms with Crippen LogP contribution in [0.2, 0.25) is 0 Å². The van der Waals surface area contributed by atoms with E-state index in [1.54, 1.807) is 0 Å². The van der Waals surface area contributed by atoms with Crippen molar-refractivity contribution in [1.29, 1.82) is 0 Å². The molecule has 1 unspecified atom stereocenters. The van der Waals surface area contributed by atoms with Gasteiger partial charge in [-0.15, -0.1) is 0 Å². The van der Waals surface area contributed by atoms with Gasteiger partial charge >= 0.3 is 0 Å². The van der Waals surface area contributed by atoms with Crippen molar-refractivity contribution >= 4 is 10.8 Å². The predicted octanol–water partition coefficient (Wildman–Crippen LogP) is 3.07. The lowest BCUT2D eigenvalue weighted by molar-refractivity contribution is 0.267. The minimum absolute atomic E-state index is 0.0895. The van der Waals surface area contributed by atoms with E-state index in [0.717, 1.165) is 48.8 Å². The van der Waals surface area contributed by atoms with Gasteiger partial charge in [0, 0.05) is 46.0 Å². The van der Waals surface area contributed by atoms with Crippen LogP contribution >= 0.6 is 0 Å². The topological polar surface area (TPSA) is 46.3 Å². The van der Waals surface area contributed by atoms with Crippen LogP contribution in [0.25, 0.3) is 11.3 Å². The van der Waals surface area contributed by atoms with Crippen molar-refractivity contribution in [3.8, 4) is 11.3 Å². The largest absolute Gasteiger partial charge is 0.356 e. The van der Waals surface area contributed by atoms with E-state index < -0.39 is 10.8 Å². The van der Waals surface area contributed by atoms with Gasteiger partial charge in [0.15, 0.2) is 5.76 Å². The van der Waals surface area contributed by atoms with Crippen LogP contribution in [0.15, 0.2) is 40.9 Å². The first-order valence-electron chi connectivity index (χ1n) is 7.66. The molecule has 2 heterocycles. The maximum atomic E-state index is 12.2. The molecule has 0 spiro atoms. The summed E-state index contributed by atoms with van der Waals surface area (Å²) in [5.41, 5.74) is 1.98. The highest BCUT2D eigenvalue weighted by Crippen LogP contribution is 2.24. The molecule has 2 aromatic rings. The van der Waals surface area contributed by atoms with Crippen LogP contribution in [0.3, 0.4) is 0 Å². The van der Waals surface area contributed by atoms with Gasteiger partial charge in [-0.3, -0.25) is 9.11 Å². The fourth-order valence-electron chi connectivity index (χ4n) is 2.65. The molecule has 0 aliphatic carbocycles. The van der Waals surface area contributed by atoms with Crippen LogP contribution in [0.1, 0.15) is 26.0 Å². The first kappa shape index (κ1) is 15.4. The quantitative estimate of drug-likeness (QED) is 0.872. The summed E-state index contributed by atoms with van der Waals surface area (Å²) in [7, 11) is -0.757. The number of hydrogen-bond donors (Lipinski definition) is 0. The fourth-order valence-corrected chi connectivity index (χ4v) is 3.95. The molecular formula is C17H22N2O2S. The minimum Gasteiger partial charge on any atom is -0.356 e. The highest BCUT2D eigenvalue weighted by atomic mass is 32.2. The molecule has 4 nitrogen and oxygen atoms in total. The lowest BCUT2D eigenvalue weighted by Gasteiger charge is -2.21. The van der Waals surface area contributed by atoms with Crippen molar-refractivity contribution in [2.24, 2.45) is 0 Å². The smallest absolute Gasteiger partial charge is 0.167 e. The zero-order valence-electron chi connectivity index (χ0n) is 13.1. The second-order valence-corrected chi connectivity index (χ2v) is 8.59. The predicted molar refractivity (Wildman–Crippen MR) is 88.9 cm³/mol. The van der Waals surface area contributed by atoms with Gasteiger partial charge in [-0.2, -0.15) is 0 Å². The maximum Gasteiger partial charge on any atom is 0.167 e. The average Bonchev–Trinajstić information content (AvgIpc) is 2.94. The molecule has 3 rings (SSSR count). The minimum atomic E-state index is -0.757. The van der Waals surface area contributed by atoms with E-state index in [4.69, 9.17) is 4.52 Å². The molecule has 5 heteroatoms. The number of benzene rings is 1. The Morgan fingerprint density at radius 3 is 2.82 bits per heavy atom. The normalized spacial score (nSPS) is 22.4. The summed E-state index contributed by atoms with van der Waals surface area (Å²) in [5.74, 6) is 1.53. The van der Waals surface area contributed by atoms with Crippen molar-refractivity contribution < 1.29 is 8.73 Å². The zero-order chi connectivity index (χ0) is 15.6. The third-order valence-corrected chi connectivity index (χ3v) is 6.23.